The fourth-order valence-electron chi connectivity index (χ4n) is 3.41. The summed E-state index contributed by atoms with van der Waals surface area (Å²) in [4.78, 5) is 8.13. The van der Waals surface area contributed by atoms with E-state index in [1.807, 2.05) is 6.20 Å². The highest BCUT2D eigenvalue weighted by Gasteiger charge is 2.34. The van der Waals surface area contributed by atoms with Crippen molar-refractivity contribution in [3.8, 4) is 11.3 Å². The fourth-order valence-corrected chi connectivity index (χ4v) is 3.41. The van der Waals surface area contributed by atoms with E-state index in [0.29, 0.717) is 12.0 Å². The lowest BCUT2D eigenvalue weighted by Crippen LogP contribution is -2.01. The fraction of sp³-hybridized carbons (Fsp3) is 0.150. The number of aromatic amines is 1. The molecule has 1 aliphatic carbocycles. The van der Waals surface area contributed by atoms with Crippen molar-refractivity contribution in [2.75, 3.05) is 0 Å². The van der Waals surface area contributed by atoms with E-state index >= 15 is 0 Å². The van der Waals surface area contributed by atoms with E-state index in [4.69, 9.17) is 5.73 Å². The summed E-state index contributed by atoms with van der Waals surface area (Å²) in [5, 5.41) is 2.52. The molecule has 2 aromatic heterocycles. The lowest BCUT2D eigenvalue weighted by molar-refractivity contribution is 0.981. The first-order valence-corrected chi connectivity index (χ1v) is 8.02. The monoisotopic (exact) mass is 299 g/mol. The van der Waals surface area contributed by atoms with E-state index in [-0.39, 0.29) is 0 Å². The number of nitrogens with two attached hydrogens (primary N) is 1. The van der Waals surface area contributed by atoms with Crippen LogP contribution in [0.2, 0.25) is 0 Å². The average Bonchev–Trinajstić information content (AvgIpc) is 3.21. The summed E-state index contributed by atoms with van der Waals surface area (Å²) in [5.41, 5.74) is 11.6. The summed E-state index contributed by atoms with van der Waals surface area (Å²) >= 11 is 0. The molecule has 1 aliphatic rings. The van der Waals surface area contributed by atoms with Crippen LogP contribution in [-0.2, 0) is 0 Å². The largest absolute Gasteiger partial charge is 0.354 e. The van der Waals surface area contributed by atoms with Gasteiger partial charge < -0.3 is 10.7 Å². The number of hydrogen-bond acceptors (Lipinski definition) is 2. The molecular formula is C20H17N3. The first kappa shape index (κ1) is 12.9. The lowest BCUT2D eigenvalue weighted by atomic mass is 10.1. The van der Waals surface area contributed by atoms with Crippen LogP contribution in [-0.4, -0.2) is 16.0 Å². The van der Waals surface area contributed by atoms with Gasteiger partial charge in [-0.1, -0.05) is 36.4 Å². The maximum atomic E-state index is 5.91. The Labute approximate surface area is 134 Å². The molecule has 1 saturated carbocycles. The molecule has 0 unspecified atom stereocenters. The van der Waals surface area contributed by atoms with Gasteiger partial charge in [0.15, 0.2) is 0 Å². The zero-order valence-corrected chi connectivity index (χ0v) is 12.7. The third-order valence-corrected chi connectivity index (χ3v) is 4.86. The van der Waals surface area contributed by atoms with Gasteiger partial charge in [-0.3, -0.25) is 4.98 Å². The highest BCUT2D eigenvalue weighted by molar-refractivity contribution is 6.08. The molecule has 3 heteroatoms. The van der Waals surface area contributed by atoms with Crippen molar-refractivity contribution < 1.29 is 0 Å². The van der Waals surface area contributed by atoms with Crippen LogP contribution in [0.15, 0.2) is 60.8 Å². The van der Waals surface area contributed by atoms with E-state index < -0.39 is 0 Å². The van der Waals surface area contributed by atoms with Gasteiger partial charge in [-0.05, 0) is 30.2 Å². The first-order valence-electron chi connectivity index (χ1n) is 8.02. The Morgan fingerprint density at radius 2 is 1.78 bits per heavy atom. The van der Waals surface area contributed by atoms with E-state index in [1.54, 1.807) is 0 Å². The molecule has 0 amide bonds. The number of rotatable bonds is 2. The molecule has 3 nitrogen and oxygen atoms in total. The second-order valence-electron chi connectivity index (χ2n) is 6.41. The molecule has 2 heterocycles. The van der Waals surface area contributed by atoms with E-state index in [9.17, 15) is 0 Å². The minimum absolute atomic E-state index is 0.324. The molecule has 0 aliphatic heterocycles. The van der Waals surface area contributed by atoms with Crippen LogP contribution in [0, 0.1) is 0 Å². The normalized spacial score (nSPS) is 20.2. The number of hydrogen-bond donors (Lipinski definition) is 2. The molecule has 3 N–H and O–H groups in total. The summed E-state index contributed by atoms with van der Waals surface area (Å²) in [6.07, 6.45) is 3.06. The topological polar surface area (TPSA) is 54.7 Å². The van der Waals surface area contributed by atoms with E-state index in [2.05, 4.69) is 64.6 Å². The van der Waals surface area contributed by atoms with Crippen LogP contribution in [0.1, 0.15) is 17.9 Å². The Hall–Kier alpha value is -2.65. The van der Waals surface area contributed by atoms with E-state index in [1.165, 1.54) is 21.9 Å². The molecule has 23 heavy (non-hydrogen) atoms. The van der Waals surface area contributed by atoms with Crippen LogP contribution >= 0.6 is 0 Å². The number of pyridine rings is 1. The zero-order chi connectivity index (χ0) is 15.4. The van der Waals surface area contributed by atoms with Gasteiger partial charge in [-0.15, -0.1) is 0 Å². The maximum absolute atomic E-state index is 5.91. The number of benzene rings is 2. The summed E-state index contributed by atoms with van der Waals surface area (Å²) < 4.78 is 0. The smallest absolute Gasteiger partial charge is 0.0702 e. The Kier molecular flexibility index (Phi) is 2.61. The van der Waals surface area contributed by atoms with Crippen molar-refractivity contribution >= 4 is 21.8 Å². The second-order valence-corrected chi connectivity index (χ2v) is 6.41. The molecule has 5 rings (SSSR count). The summed E-state index contributed by atoms with van der Waals surface area (Å²) in [6, 6.07) is 19.5. The molecule has 0 spiro atoms. The third kappa shape index (κ3) is 2.05. The van der Waals surface area contributed by atoms with Gasteiger partial charge in [-0.25, -0.2) is 0 Å². The molecular weight excluding hydrogens is 282 g/mol. The van der Waals surface area contributed by atoms with Gasteiger partial charge in [0.2, 0.25) is 0 Å². The van der Waals surface area contributed by atoms with Gasteiger partial charge in [0, 0.05) is 45.5 Å². The van der Waals surface area contributed by atoms with Crippen LogP contribution in [0.25, 0.3) is 33.1 Å². The molecule has 0 saturated heterocycles. The minimum Gasteiger partial charge on any atom is -0.354 e. The molecule has 112 valence electrons. The van der Waals surface area contributed by atoms with Crippen LogP contribution in [0.5, 0.6) is 0 Å². The van der Waals surface area contributed by atoms with Gasteiger partial charge in [0.25, 0.3) is 0 Å². The molecule has 2 aromatic carbocycles. The molecule has 2 atom stereocenters. The number of H-pyrrole nitrogens is 1. The predicted octanol–water partition coefficient (Wildman–Crippen LogP) is 4.20. The standard InChI is InChI=1S/C20H17N3/c21-17-10-16(17)13-6-8-18(22-11-13)12-5-7-15-14-3-1-2-4-19(14)23-20(15)9-12/h1-9,11,16-17,23H,10,21H2/t16-,17+/m1/s1. The molecule has 1 fully saturated rings. The van der Waals surface area contributed by atoms with Gasteiger partial charge in [0.1, 0.15) is 0 Å². The van der Waals surface area contributed by atoms with Crippen LogP contribution in [0.4, 0.5) is 0 Å². The van der Waals surface area contributed by atoms with Crippen molar-refractivity contribution in [1.29, 1.82) is 0 Å². The van der Waals surface area contributed by atoms with E-state index in [0.717, 1.165) is 23.2 Å². The highest BCUT2D eigenvalue weighted by Crippen LogP contribution is 2.39. The Bertz CT molecular complexity index is 1010. The quantitative estimate of drug-likeness (QED) is 0.583. The number of nitrogens with zero attached hydrogens (tertiary/aromatic N) is 1. The Balaban J connectivity index is 1.58. The zero-order valence-electron chi connectivity index (χ0n) is 12.7. The summed E-state index contributed by atoms with van der Waals surface area (Å²) in [6.45, 7) is 0. The highest BCUT2D eigenvalue weighted by atomic mass is 14.8. The Morgan fingerprint density at radius 1 is 0.957 bits per heavy atom. The van der Waals surface area contributed by atoms with Gasteiger partial charge >= 0.3 is 0 Å². The lowest BCUT2D eigenvalue weighted by Gasteiger charge is -2.03. The Morgan fingerprint density at radius 3 is 2.57 bits per heavy atom. The van der Waals surface area contributed by atoms with Crippen LogP contribution < -0.4 is 5.73 Å². The predicted molar refractivity (Wildman–Crippen MR) is 94.4 cm³/mol. The van der Waals surface area contributed by atoms with Crippen molar-refractivity contribution in [3.05, 3.63) is 66.4 Å². The molecule has 0 radical (unpaired) electrons. The molecule has 0 bridgehead atoms. The summed E-state index contributed by atoms with van der Waals surface area (Å²) in [7, 11) is 0. The average molecular weight is 299 g/mol. The van der Waals surface area contributed by atoms with Gasteiger partial charge in [0.05, 0.1) is 5.69 Å². The van der Waals surface area contributed by atoms with Crippen molar-refractivity contribution in [3.63, 3.8) is 0 Å². The van der Waals surface area contributed by atoms with Gasteiger partial charge in [-0.2, -0.15) is 0 Å². The maximum Gasteiger partial charge on any atom is 0.0702 e. The first-order chi connectivity index (χ1) is 11.3. The number of fused-ring (bicyclic) bond motifs is 3. The van der Waals surface area contributed by atoms with Crippen molar-refractivity contribution in [2.45, 2.75) is 18.4 Å². The SMILES string of the molecule is N[C@H]1C[C@@H]1c1ccc(-c2ccc3c(c2)[nH]c2ccccc23)nc1. The number of para-hydroxylation sites is 1. The van der Waals surface area contributed by atoms with Crippen molar-refractivity contribution in [2.24, 2.45) is 5.73 Å². The minimum atomic E-state index is 0.324. The molecule has 4 aromatic rings. The third-order valence-electron chi connectivity index (χ3n) is 4.86. The summed E-state index contributed by atoms with van der Waals surface area (Å²) in [5.74, 6) is 0.507. The number of nitrogens with one attached hydrogen (secondary N) is 1. The second kappa shape index (κ2) is 4.67. The number of aromatic nitrogens is 2. The van der Waals surface area contributed by atoms with Crippen molar-refractivity contribution in [1.82, 2.24) is 9.97 Å². The van der Waals surface area contributed by atoms with Crippen LogP contribution in [0.3, 0.4) is 0 Å².